The van der Waals surface area contributed by atoms with Gasteiger partial charge in [-0.05, 0) is 61.1 Å². The number of fused-ring (bicyclic) bond motifs is 1. The number of pyridine rings is 1. The number of aromatic nitrogens is 3. The van der Waals surface area contributed by atoms with Gasteiger partial charge in [0.25, 0.3) is 5.89 Å². The summed E-state index contributed by atoms with van der Waals surface area (Å²) in [6, 6.07) is 9.67. The van der Waals surface area contributed by atoms with E-state index in [9.17, 15) is 8.78 Å². The molecular weight excluding hydrogens is 340 g/mol. The average Bonchev–Trinajstić information content (AvgIpc) is 3.17. The monoisotopic (exact) mass is 357 g/mol. The third-order valence-electron chi connectivity index (χ3n) is 4.41. The van der Waals surface area contributed by atoms with Gasteiger partial charge in [-0.15, -0.1) is 10.2 Å². The Kier molecular flexibility index (Phi) is 4.60. The highest BCUT2D eigenvalue weighted by atomic mass is 19.3. The number of halogens is 2. The zero-order valence-electron chi connectivity index (χ0n) is 14.0. The van der Waals surface area contributed by atoms with E-state index in [0.717, 1.165) is 24.3 Å². The first-order valence-corrected chi connectivity index (χ1v) is 8.50. The van der Waals surface area contributed by atoms with Gasteiger partial charge in [-0.3, -0.25) is 4.98 Å². The first-order valence-electron chi connectivity index (χ1n) is 8.50. The van der Waals surface area contributed by atoms with E-state index in [1.807, 2.05) is 6.07 Å². The minimum Gasteiger partial charge on any atom is -0.487 e. The predicted octanol–water partition coefficient (Wildman–Crippen LogP) is 4.53. The average molecular weight is 357 g/mol. The van der Waals surface area contributed by atoms with Crippen molar-refractivity contribution in [3.8, 4) is 17.2 Å². The van der Waals surface area contributed by atoms with Crippen LogP contribution in [0.5, 0.6) is 5.75 Å². The number of aryl methyl sites for hydroxylation is 2. The zero-order chi connectivity index (χ0) is 17.9. The van der Waals surface area contributed by atoms with Gasteiger partial charge in [-0.25, -0.2) is 0 Å². The lowest BCUT2D eigenvalue weighted by Crippen LogP contribution is -2.04. The standard InChI is InChI=1S/C19H17F2N3O2/c20-17(21)19-24-23-18(26-19)14-5-7-15(22-10-14)11-25-16-8-6-12-3-1-2-4-13(12)9-16/h5-10,17H,1-4,11H2. The first-order chi connectivity index (χ1) is 12.7. The quantitative estimate of drug-likeness (QED) is 0.671. The SMILES string of the molecule is FC(F)c1nnc(-c2ccc(COc3ccc4c(c3)CCCC4)nc2)o1. The highest BCUT2D eigenvalue weighted by Crippen LogP contribution is 2.26. The molecule has 7 heteroatoms. The lowest BCUT2D eigenvalue weighted by atomic mass is 9.92. The first kappa shape index (κ1) is 16.6. The van der Waals surface area contributed by atoms with Crippen LogP contribution in [0.2, 0.25) is 0 Å². The molecule has 134 valence electrons. The molecule has 0 saturated heterocycles. The number of hydrogen-bond acceptors (Lipinski definition) is 5. The molecule has 0 aliphatic heterocycles. The summed E-state index contributed by atoms with van der Waals surface area (Å²) in [6.07, 6.45) is 3.44. The maximum Gasteiger partial charge on any atom is 0.314 e. The van der Waals surface area contributed by atoms with Crippen LogP contribution in [0.3, 0.4) is 0 Å². The number of alkyl halides is 2. The number of ether oxygens (including phenoxy) is 1. The van der Waals surface area contributed by atoms with Crippen molar-refractivity contribution < 1.29 is 17.9 Å². The topological polar surface area (TPSA) is 61.0 Å². The van der Waals surface area contributed by atoms with Crippen LogP contribution in [-0.2, 0) is 19.4 Å². The molecule has 0 amide bonds. The second-order valence-electron chi connectivity index (χ2n) is 6.21. The fourth-order valence-electron chi connectivity index (χ4n) is 3.03. The summed E-state index contributed by atoms with van der Waals surface area (Å²) >= 11 is 0. The minimum absolute atomic E-state index is 0.0231. The second kappa shape index (κ2) is 7.19. The smallest absolute Gasteiger partial charge is 0.314 e. The van der Waals surface area contributed by atoms with Gasteiger partial charge in [0.05, 0.1) is 11.3 Å². The van der Waals surface area contributed by atoms with Crippen LogP contribution in [-0.4, -0.2) is 15.2 Å². The van der Waals surface area contributed by atoms with Crippen molar-refractivity contribution in [3.63, 3.8) is 0 Å². The van der Waals surface area contributed by atoms with Crippen LogP contribution in [0.15, 0.2) is 40.9 Å². The normalized spacial score (nSPS) is 13.7. The van der Waals surface area contributed by atoms with Crippen LogP contribution < -0.4 is 4.74 Å². The van der Waals surface area contributed by atoms with Crippen molar-refractivity contribution in [1.29, 1.82) is 0 Å². The molecule has 26 heavy (non-hydrogen) atoms. The summed E-state index contributed by atoms with van der Waals surface area (Å²) in [7, 11) is 0. The summed E-state index contributed by atoms with van der Waals surface area (Å²) in [5.74, 6) is 0.157. The maximum atomic E-state index is 12.5. The summed E-state index contributed by atoms with van der Waals surface area (Å²) in [4.78, 5) is 4.27. The van der Waals surface area contributed by atoms with E-state index in [0.29, 0.717) is 12.2 Å². The van der Waals surface area contributed by atoms with E-state index >= 15 is 0 Å². The van der Waals surface area contributed by atoms with Gasteiger partial charge in [-0.1, -0.05) is 6.07 Å². The lowest BCUT2D eigenvalue weighted by Gasteiger charge is -2.16. The molecule has 1 aliphatic carbocycles. The molecule has 2 heterocycles. The second-order valence-corrected chi connectivity index (χ2v) is 6.21. The van der Waals surface area contributed by atoms with Crippen molar-refractivity contribution in [2.45, 2.75) is 38.7 Å². The summed E-state index contributed by atoms with van der Waals surface area (Å²) in [5.41, 5.74) is 3.99. The van der Waals surface area contributed by atoms with Crippen LogP contribution >= 0.6 is 0 Å². The summed E-state index contributed by atoms with van der Waals surface area (Å²) in [5, 5.41) is 6.91. The highest BCUT2D eigenvalue weighted by molar-refractivity contribution is 5.50. The van der Waals surface area contributed by atoms with Crippen molar-refractivity contribution >= 4 is 0 Å². The molecular formula is C19H17F2N3O2. The number of nitrogens with zero attached hydrogens (tertiary/aromatic N) is 3. The van der Waals surface area contributed by atoms with Crippen molar-refractivity contribution in [2.75, 3.05) is 0 Å². The molecule has 0 N–H and O–H groups in total. The molecule has 0 saturated carbocycles. The van der Waals surface area contributed by atoms with Gasteiger partial charge in [0.15, 0.2) is 0 Å². The van der Waals surface area contributed by atoms with E-state index in [-0.39, 0.29) is 5.89 Å². The Hall–Kier alpha value is -2.83. The van der Waals surface area contributed by atoms with E-state index < -0.39 is 12.3 Å². The minimum atomic E-state index is -2.78. The van der Waals surface area contributed by atoms with Gasteiger partial charge >= 0.3 is 6.43 Å². The molecule has 0 radical (unpaired) electrons. The Labute approximate surface area is 149 Å². The van der Waals surface area contributed by atoms with Crippen molar-refractivity contribution in [3.05, 3.63) is 59.2 Å². The summed E-state index contributed by atoms with van der Waals surface area (Å²) in [6.45, 7) is 0.325. The molecule has 5 nitrogen and oxygen atoms in total. The van der Waals surface area contributed by atoms with Crippen LogP contribution in [0.1, 0.15) is 42.0 Å². The molecule has 0 fully saturated rings. The fraction of sp³-hybridized carbons (Fsp3) is 0.316. The Morgan fingerprint density at radius 2 is 1.88 bits per heavy atom. The molecule has 0 spiro atoms. The summed E-state index contributed by atoms with van der Waals surface area (Å²) < 4.78 is 35.7. The maximum absolute atomic E-state index is 12.5. The van der Waals surface area contributed by atoms with E-state index in [1.165, 1.54) is 30.2 Å². The predicted molar refractivity (Wildman–Crippen MR) is 89.9 cm³/mol. The van der Waals surface area contributed by atoms with Gasteiger partial charge in [0.1, 0.15) is 12.4 Å². The molecule has 0 bridgehead atoms. The Bertz CT molecular complexity index is 894. The van der Waals surface area contributed by atoms with Gasteiger partial charge < -0.3 is 9.15 Å². The lowest BCUT2D eigenvalue weighted by molar-refractivity contribution is 0.116. The number of benzene rings is 1. The molecule has 1 aromatic carbocycles. The van der Waals surface area contributed by atoms with Crippen LogP contribution in [0.4, 0.5) is 8.78 Å². The van der Waals surface area contributed by atoms with Crippen molar-refractivity contribution in [2.24, 2.45) is 0 Å². The Balaban J connectivity index is 1.41. The van der Waals surface area contributed by atoms with Gasteiger partial charge in [0.2, 0.25) is 5.89 Å². The number of rotatable bonds is 5. The van der Waals surface area contributed by atoms with Gasteiger partial charge in [-0.2, -0.15) is 8.78 Å². The largest absolute Gasteiger partial charge is 0.487 e. The Morgan fingerprint density at radius 1 is 1.04 bits per heavy atom. The zero-order valence-corrected chi connectivity index (χ0v) is 14.0. The number of hydrogen-bond donors (Lipinski definition) is 0. The molecule has 0 unspecified atom stereocenters. The Morgan fingerprint density at radius 3 is 2.62 bits per heavy atom. The highest BCUT2D eigenvalue weighted by Gasteiger charge is 2.17. The molecule has 2 aromatic heterocycles. The fourth-order valence-corrected chi connectivity index (χ4v) is 3.03. The van der Waals surface area contributed by atoms with E-state index in [4.69, 9.17) is 9.15 Å². The van der Waals surface area contributed by atoms with Gasteiger partial charge in [0, 0.05) is 6.20 Å². The third kappa shape index (κ3) is 3.56. The van der Waals surface area contributed by atoms with E-state index in [2.05, 4.69) is 27.3 Å². The third-order valence-corrected chi connectivity index (χ3v) is 4.41. The van der Waals surface area contributed by atoms with E-state index in [1.54, 1.807) is 12.1 Å². The molecule has 1 aliphatic rings. The molecule has 0 atom stereocenters. The van der Waals surface area contributed by atoms with Crippen LogP contribution in [0, 0.1) is 0 Å². The molecule has 3 aromatic rings. The molecule has 4 rings (SSSR count). The van der Waals surface area contributed by atoms with Crippen molar-refractivity contribution in [1.82, 2.24) is 15.2 Å². The van der Waals surface area contributed by atoms with Crippen LogP contribution in [0.25, 0.3) is 11.5 Å².